The quantitative estimate of drug-likeness (QED) is 0.669. The lowest BCUT2D eigenvalue weighted by Gasteiger charge is -2.14. The summed E-state index contributed by atoms with van der Waals surface area (Å²) < 4.78 is 62.8. The molecule has 0 bridgehead atoms. The van der Waals surface area contributed by atoms with E-state index in [0.29, 0.717) is 4.47 Å². The van der Waals surface area contributed by atoms with Gasteiger partial charge < -0.3 is 5.73 Å². The average molecular weight is 392 g/mol. The third-order valence-electron chi connectivity index (χ3n) is 1.95. The molecule has 0 aliphatic rings. The van der Waals surface area contributed by atoms with Crippen LogP contribution in [0.15, 0.2) is 22.7 Å². The number of nitrogens with one attached hydrogen (secondary N) is 2. The van der Waals surface area contributed by atoms with Crippen LogP contribution in [0.25, 0.3) is 0 Å². The lowest BCUT2D eigenvalue weighted by Crippen LogP contribution is -2.37. The zero-order chi connectivity index (χ0) is 15.6. The maximum atomic E-state index is 12.0. The van der Waals surface area contributed by atoms with Crippen molar-refractivity contribution in [2.45, 2.75) is 6.18 Å². The van der Waals surface area contributed by atoms with Crippen molar-refractivity contribution in [3.63, 3.8) is 0 Å². The number of anilines is 1. The van der Waals surface area contributed by atoms with Gasteiger partial charge in [0, 0.05) is 10.0 Å². The molecule has 0 aliphatic carbocycles. The number of halogens is 4. The molecular weight excluding hydrogens is 383 g/mol. The number of hydrogen-bond acceptors (Lipinski definition) is 3. The maximum Gasteiger partial charge on any atom is 0.402 e. The molecule has 0 unspecified atom stereocenters. The van der Waals surface area contributed by atoms with E-state index in [1.54, 1.807) is 6.07 Å². The Labute approximate surface area is 127 Å². The monoisotopic (exact) mass is 391 g/mol. The van der Waals surface area contributed by atoms with E-state index in [9.17, 15) is 21.6 Å². The van der Waals surface area contributed by atoms with Crippen LogP contribution in [-0.4, -0.2) is 26.1 Å². The highest BCUT2D eigenvalue weighted by Gasteiger charge is 2.29. The molecule has 20 heavy (non-hydrogen) atoms. The van der Waals surface area contributed by atoms with Crippen molar-refractivity contribution in [3.05, 3.63) is 28.2 Å². The third-order valence-corrected chi connectivity index (χ3v) is 3.68. The SMILES string of the molecule is NC(=S)c1ccc(Br)cc1NS(=O)(=O)NCC(F)(F)F. The van der Waals surface area contributed by atoms with Crippen molar-refractivity contribution < 1.29 is 21.6 Å². The molecule has 4 N–H and O–H groups in total. The molecule has 0 aromatic heterocycles. The Kier molecular flexibility index (Phi) is 5.35. The fraction of sp³-hybridized carbons (Fsp3) is 0.222. The smallest absolute Gasteiger partial charge is 0.389 e. The summed E-state index contributed by atoms with van der Waals surface area (Å²) in [5.41, 5.74) is 5.58. The zero-order valence-corrected chi connectivity index (χ0v) is 12.9. The summed E-state index contributed by atoms with van der Waals surface area (Å²) in [4.78, 5) is -0.0916. The number of thiocarbonyl (C=S) groups is 1. The summed E-state index contributed by atoms with van der Waals surface area (Å²) in [6, 6.07) is 4.34. The minimum Gasteiger partial charge on any atom is -0.389 e. The van der Waals surface area contributed by atoms with Crippen LogP contribution in [0.3, 0.4) is 0 Å². The fourth-order valence-corrected chi connectivity index (χ4v) is 2.60. The molecule has 0 radical (unpaired) electrons. The van der Waals surface area contributed by atoms with Crippen LogP contribution in [0, 0.1) is 0 Å². The first kappa shape index (κ1) is 17.1. The molecule has 0 heterocycles. The number of alkyl halides is 3. The first-order valence-electron chi connectivity index (χ1n) is 4.94. The van der Waals surface area contributed by atoms with Gasteiger partial charge in [-0.05, 0) is 18.2 Å². The van der Waals surface area contributed by atoms with Gasteiger partial charge in [0.25, 0.3) is 10.2 Å². The van der Waals surface area contributed by atoms with E-state index in [-0.39, 0.29) is 16.2 Å². The predicted molar refractivity (Wildman–Crippen MR) is 76.6 cm³/mol. The van der Waals surface area contributed by atoms with Crippen molar-refractivity contribution >= 4 is 49.0 Å². The maximum absolute atomic E-state index is 12.0. The Balaban J connectivity index is 2.97. The molecule has 1 rings (SSSR count). The van der Waals surface area contributed by atoms with Crippen molar-refractivity contribution in [3.8, 4) is 0 Å². The molecule has 112 valence electrons. The summed E-state index contributed by atoms with van der Waals surface area (Å²) in [5, 5.41) is 0. The minimum atomic E-state index is -4.65. The number of nitrogens with two attached hydrogens (primary N) is 1. The van der Waals surface area contributed by atoms with Gasteiger partial charge in [-0.15, -0.1) is 0 Å². The van der Waals surface area contributed by atoms with Crippen molar-refractivity contribution in [1.82, 2.24) is 4.72 Å². The minimum absolute atomic E-state index is 0.0263. The van der Waals surface area contributed by atoms with Crippen molar-refractivity contribution in [1.29, 1.82) is 0 Å². The molecule has 1 aromatic carbocycles. The Bertz CT molecular complexity index is 619. The summed E-state index contributed by atoms with van der Waals surface area (Å²) in [6.07, 6.45) is -4.65. The summed E-state index contributed by atoms with van der Waals surface area (Å²) in [6.45, 7) is -1.68. The molecule has 0 fully saturated rings. The highest BCUT2D eigenvalue weighted by Crippen LogP contribution is 2.22. The van der Waals surface area contributed by atoms with Crippen LogP contribution in [-0.2, 0) is 10.2 Å². The van der Waals surface area contributed by atoms with Crippen molar-refractivity contribution in [2.75, 3.05) is 11.3 Å². The molecule has 0 spiro atoms. The first-order chi connectivity index (χ1) is 9.00. The molecule has 5 nitrogen and oxygen atoms in total. The molecule has 0 aliphatic heterocycles. The lowest BCUT2D eigenvalue weighted by molar-refractivity contribution is -0.121. The largest absolute Gasteiger partial charge is 0.402 e. The standard InChI is InChI=1S/C9H9BrF3N3O2S2/c10-5-1-2-6(8(14)19)7(3-5)16-20(17,18)15-4-9(11,12)13/h1-3,15-16H,4H2,(H2,14,19). The summed E-state index contributed by atoms with van der Waals surface area (Å²) in [5.74, 6) is 0. The van der Waals surface area contributed by atoms with E-state index in [1.807, 2.05) is 4.72 Å². The zero-order valence-electron chi connectivity index (χ0n) is 9.66. The van der Waals surface area contributed by atoms with Gasteiger partial charge in [-0.25, -0.2) is 0 Å². The summed E-state index contributed by atoms with van der Waals surface area (Å²) >= 11 is 7.84. The van der Waals surface area contributed by atoms with Gasteiger partial charge >= 0.3 is 6.18 Å². The third kappa shape index (κ3) is 5.61. The van der Waals surface area contributed by atoms with E-state index < -0.39 is 22.9 Å². The Morgan fingerprint density at radius 1 is 1.40 bits per heavy atom. The van der Waals surface area contributed by atoms with E-state index >= 15 is 0 Å². The highest BCUT2D eigenvalue weighted by molar-refractivity contribution is 9.10. The van der Waals surface area contributed by atoms with Gasteiger partial charge in [0.05, 0.1) is 5.69 Å². The Hall–Kier alpha value is -0.910. The topological polar surface area (TPSA) is 84.2 Å². The number of benzene rings is 1. The van der Waals surface area contributed by atoms with Gasteiger partial charge in [-0.1, -0.05) is 28.1 Å². The molecule has 0 saturated carbocycles. The Morgan fingerprint density at radius 2 is 2.00 bits per heavy atom. The predicted octanol–water partition coefficient (Wildman–Crippen LogP) is 1.89. The second kappa shape index (κ2) is 6.24. The normalized spacial score (nSPS) is 12.2. The molecule has 0 atom stereocenters. The van der Waals surface area contributed by atoms with Crippen LogP contribution in [0.5, 0.6) is 0 Å². The van der Waals surface area contributed by atoms with Gasteiger partial charge in [-0.2, -0.15) is 26.3 Å². The second-order valence-electron chi connectivity index (χ2n) is 3.60. The van der Waals surface area contributed by atoms with Gasteiger partial charge in [-0.3, -0.25) is 4.72 Å². The van der Waals surface area contributed by atoms with Crippen molar-refractivity contribution in [2.24, 2.45) is 5.73 Å². The molecule has 1 aromatic rings. The molecule has 11 heteroatoms. The van der Waals surface area contributed by atoms with E-state index in [1.165, 1.54) is 16.9 Å². The van der Waals surface area contributed by atoms with Crippen LogP contribution < -0.4 is 15.2 Å². The van der Waals surface area contributed by atoms with Gasteiger partial charge in [0.15, 0.2) is 0 Å². The van der Waals surface area contributed by atoms with Crippen LogP contribution in [0.1, 0.15) is 5.56 Å². The van der Waals surface area contributed by atoms with E-state index in [4.69, 9.17) is 18.0 Å². The Morgan fingerprint density at radius 3 is 2.50 bits per heavy atom. The van der Waals surface area contributed by atoms with Crippen LogP contribution in [0.4, 0.5) is 18.9 Å². The molecular formula is C9H9BrF3N3O2S2. The number of rotatable bonds is 5. The molecule has 0 saturated heterocycles. The van der Waals surface area contributed by atoms with Crippen LogP contribution >= 0.6 is 28.1 Å². The number of hydrogen-bond donors (Lipinski definition) is 3. The van der Waals surface area contributed by atoms with Gasteiger partial charge in [0.1, 0.15) is 11.5 Å². The fourth-order valence-electron chi connectivity index (χ4n) is 1.17. The molecule has 0 amide bonds. The average Bonchev–Trinajstić information content (AvgIpc) is 2.24. The van der Waals surface area contributed by atoms with Crippen LogP contribution in [0.2, 0.25) is 0 Å². The van der Waals surface area contributed by atoms with E-state index in [0.717, 1.165) is 0 Å². The second-order valence-corrected chi connectivity index (χ2v) is 6.45. The van der Waals surface area contributed by atoms with Gasteiger partial charge in [0.2, 0.25) is 0 Å². The van der Waals surface area contributed by atoms with E-state index in [2.05, 4.69) is 15.9 Å². The summed E-state index contributed by atoms with van der Waals surface area (Å²) in [7, 11) is -4.40. The first-order valence-corrected chi connectivity index (χ1v) is 7.62. The lowest BCUT2D eigenvalue weighted by atomic mass is 10.2. The highest BCUT2D eigenvalue weighted by atomic mass is 79.9.